The summed E-state index contributed by atoms with van der Waals surface area (Å²) in [7, 11) is 0. The molecule has 0 fully saturated rings. The van der Waals surface area contributed by atoms with Crippen LogP contribution in [-0.2, 0) is 6.54 Å². The van der Waals surface area contributed by atoms with Gasteiger partial charge >= 0.3 is 0 Å². The molecule has 0 radical (unpaired) electrons. The van der Waals surface area contributed by atoms with Crippen molar-refractivity contribution in [1.82, 2.24) is 9.97 Å². The van der Waals surface area contributed by atoms with Crippen LogP contribution < -0.4 is 10.5 Å². The molecule has 0 saturated carbocycles. The Kier molecular flexibility index (Phi) is 5.35. The molecule has 17 heavy (non-hydrogen) atoms. The van der Waals surface area contributed by atoms with Crippen molar-refractivity contribution in [3.63, 3.8) is 0 Å². The van der Waals surface area contributed by atoms with Crippen LogP contribution >= 0.6 is 0 Å². The zero-order chi connectivity index (χ0) is 12.8. The lowest BCUT2D eigenvalue weighted by Gasteiger charge is -2.12. The van der Waals surface area contributed by atoms with E-state index in [1.54, 1.807) is 6.20 Å². The van der Waals surface area contributed by atoms with Gasteiger partial charge < -0.3 is 10.5 Å². The molecule has 0 aliphatic heterocycles. The lowest BCUT2D eigenvalue weighted by atomic mass is 10.1. The topological polar surface area (TPSA) is 61.0 Å². The van der Waals surface area contributed by atoms with E-state index in [0.717, 1.165) is 23.7 Å². The summed E-state index contributed by atoms with van der Waals surface area (Å²) in [6, 6.07) is 0. The second-order valence-electron chi connectivity index (χ2n) is 4.93. The van der Waals surface area contributed by atoms with Crippen molar-refractivity contribution in [2.75, 3.05) is 6.61 Å². The molecule has 0 aliphatic carbocycles. The highest BCUT2D eigenvalue weighted by molar-refractivity contribution is 5.25. The minimum atomic E-state index is 0.310. The summed E-state index contributed by atoms with van der Waals surface area (Å²) >= 11 is 0. The molecule has 1 aromatic rings. The second kappa shape index (κ2) is 6.55. The van der Waals surface area contributed by atoms with Gasteiger partial charge in [-0.3, -0.25) is 0 Å². The minimum absolute atomic E-state index is 0.310. The standard InChI is InChI=1S/C13H23N3O/c1-9(2)5-6-17-12-8-15-13(10(3)4)16-11(12)7-14/h8-10H,5-7,14H2,1-4H3. The number of nitrogens with zero attached hydrogens (tertiary/aromatic N) is 2. The van der Waals surface area contributed by atoms with E-state index in [9.17, 15) is 0 Å². The third-order valence-corrected chi connectivity index (χ3v) is 2.51. The molecule has 0 bridgehead atoms. The third-order valence-electron chi connectivity index (χ3n) is 2.51. The van der Waals surface area contributed by atoms with Gasteiger partial charge in [0.25, 0.3) is 0 Å². The van der Waals surface area contributed by atoms with Gasteiger partial charge in [0.15, 0.2) is 5.75 Å². The van der Waals surface area contributed by atoms with Gasteiger partial charge in [-0.25, -0.2) is 9.97 Å². The molecule has 0 spiro atoms. The number of hydrogen-bond acceptors (Lipinski definition) is 4. The van der Waals surface area contributed by atoms with E-state index in [-0.39, 0.29) is 0 Å². The summed E-state index contributed by atoms with van der Waals surface area (Å²) in [5.74, 6) is 2.48. The number of rotatable bonds is 6. The van der Waals surface area contributed by atoms with Crippen LogP contribution in [0.25, 0.3) is 0 Å². The Morgan fingerprint density at radius 1 is 1.29 bits per heavy atom. The fourth-order valence-electron chi connectivity index (χ4n) is 1.37. The van der Waals surface area contributed by atoms with Crippen molar-refractivity contribution in [2.45, 2.75) is 46.6 Å². The maximum absolute atomic E-state index is 5.68. The van der Waals surface area contributed by atoms with E-state index in [4.69, 9.17) is 10.5 Å². The molecule has 0 amide bonds. The van der Waals surface area contributed by atoms with Crippen molar-refractivity contribution >= 4 is 0 Å². The molecular formula is C13H23N3O. The highest BCUT2D eigenvalue weighted by atomic mass is 16.5. The number of hydrogen-bond donors (Lipinski definition) is 1. The summed E-state index contributed by atoms with van der Waals surface area (Å²) in [6.07, 6.45) is 2.76. The van der Waals surface area contributed by atoms with Crippen LogP contribution in [0.3, 0.4) is 0 Å². The first-order valence-corrected chi connectivity index (χ1v) is 6.23. The first-order chi connectivity index (χ1) is 8.04. The fourth-order valence-corrected chi connectivity index (χ4v) is 1.37. The van der Waals surface area contributed by atoms with Crippen molar-refractivity contribution in [2.24, 2.45) is 11.7 Å². The van der Waals surface area contributed by atoms with Gasteiger partial charge in [-0.15, -0.1) is 0 Å². The Morgan fingerprint density at radius 2 is 2.00 bits per heavy atom. The van der Waals surface area contributed by atoms with Gasteiger partial charge in [0.05, 0.1) is 18.5 Å². The monoisotopic (exact) mass is 237 g/mol. The zero-order valence-electron chi connectivity index (χ0n) is 11.2. The van der Waals surface area contributed by atoms with E-state index >= 15 is 0 Å². The van der Waals surface area contributed by atoms with Gasteiger partial charge in [0, 0.05) is 12.5 Å². The van der Waals surface area contributed by atoms with Crippen molar-refractivity contribution in [1.29, 1.82) is 0 Å². The quantitative estimate of drug-likeness (QED) is 0.825. The average molecular weight is 237 g/mol. The predicted molar refractivity (Wildman–Crippen MR) is 69.0 cm³/mol. The Morgan fingerprint density at radius 3 is 2.53 bits per heavy atom. The summed E-state index contributed by atoms with van der Waals surface area (Å²) < 4.78 is 5.67. The van der Waals surface area contributed by atoms with Crippen LogP contribution in [0.15, 0.2) is 6.20 Å². The van der Waals surface area contributed by atoms with Crippen LogP contribution in [0.5, 0.6) is 5.75 Å². The smallest absolute Gasteiger partial charge is 0.160 e. The summed E-state index contributed by atoms with van der Waals surface area (Å²) in [5.41, 5.74) is 6.48. The molecule has 96 valence electrons. The van der Waals surface area contributed by atoms with Crippen LogP contribution in [0.4, 0.5) is 0 Å². The highest BCUT2D eigenvalue weighted by Crippen LogP contribution is 2.18. The maximum Gasteiger partial charge on any atom is 0.160 e. The van der Waals surface area contributed by atoms with Gasteiger partial charge in [-0.2, -0.15) is 0 Å². The van der Waals surface area contributed by atoms with Crippen molar-refractivity contribution in [3.05, 3.63) is 17.7 Å². The van der Waals surface area contributed by atoms with Crippen molar-refractivity contribution < 1.29 is 4.74 Å². The Bertz CT molecular complexity index is 351. The highest BCUT2D eigenvalue weighted by Gasteiger charge is 2.09. The Hall–Kier alpha value is -1.16. The first-order valence-electron chi connectivity index (χ1n) is 6.23. The molecule has 1 aromatic heterocycles. The largest absolute Gasteiger partial charge is 0.490 e. The van der Waals surface area contributed by atoms with Gasteiger partial charge in [-0.1, -0.05) is 27.7 Å². The maximum atomic E-state index is 5.68. The summed E-state index contributed by atoms with van der Waals surface area (Å²) in [6.45, 7) is 9.55. The lowest BCUT2D eigenvalue weighted by Crippen LogP contribution is -2.10. The van der Waals surface area contributed by atoms with Crippen LogP contribution in [-0.4, -0.2) is 16.6 Å². The molecule has 0 aliphatic rings. The molecule has 1 heterocycles. The molecule has 2 N–H and O–H groups in total. The molecule has 0 aromatic carbocycles. The van der Waals surface area contributed by atoms with Gasteiger partial charge in [-0.05, 0) is 12.3 Å². The van der Waals surface area contributed by atoms with Gasteiger partial charge in [0.1, 0.15) is 5.82 Å². The van der Waals surface area contributed by atoms with E-state index in [1.807, 2.05) is 0 Å². The van der Waals surface area contributed by atoms with Crippen LogP contribution in [0.2, 0.25) is 0 Å². The SMILES string of the molecule is CC(C)CCOc1cnc(C(C)C)nc1CN. The molecule has 1 rings (SSSR count). The van der Waals surface area contributed by atoms with E-state index in [2.05, 4.69) is 37.7 Å². The lowest BCUT2D eigenvalue weighted by molar-refractivity contribution is 0.284. The fraction of sp³-hybridized carbons (Fsp3) is 0.692. The van der Waals surface area contributed by atoms with E-state index in [0.29, 0.717) is 25.0 Å². The first kappa shape index (κ1) is 13.9. The normalized spacial score (nSPS) is 11.2. The second-order valence-corrected chi connectivity index (χ2v) is 4.93. The number of aromatic nitrogens is 2. The summed E-state index contributed by atoms with van der Waals surface area (Å²) in [5, 5.41) is 0. The van der Waals surface area contributed by atoms with Crippen LogP contribution in [0, 0.1) is 5.92 Å². The average Bonchev–Trinajstić information content (AvgIpc) is 2.28. The van der Waals surface area contributed by atoms with E-state index in [1.165, 1.54) is 0 Å². The Balaban J connectivity index is 2.71. The molecule has 0 unspecified atom stereocenters. The predicted octanol–water partition coefficient (Wildman–Crippen LogP) is 2.48. The summed E-state index contributed by atoms with van der Waals surface area (Å²) in [4.78, 5) is 8.72. The number of ether oxygens (including phenoxy) is 1. The molecule has 0 saturated heterocycles. The molecule has 0 atom stereocenters. The van der Waals surface area contributed by atoms with Gasteiger partial charge in [0.2, 0.25) is 0 Å². The minimum Gasteiger partial charge on any atom is -0.490 e. The van der Waals surface area contributed by atoms with Crippen LogP contribution in [0.1, 0.15) is 51.6 Å². The zero-order valence-corrected chi connectivity index (χ0v) is 11.2. The van der Waals surface area contributed by atoms with E-state index < -0.39 is 0 Å². The third kappa shape index (κ3) is 4.30. The molecule has 4 nitrogen and oxygen atoms in total. The number of nitrogens with two attached hydrogens (primary N) is 1. The molecular weight excluding hydrogens is 214 g/mol. The molecule has 4 heteroatoms. The Labute approximate surface area is 104 Å². The van der Waals surface area contributed by atoms with Crippen molar-refractivity contribution in [3.8, 4) is 5.75 Å².